The fourth-order valence-corrected chi connectivity index (χ4v) is 1.10. The van der Waals surface area contributed by atoms with E-state index in [4.69, 9.17) is 4.74 Å². The summed E-state index contributed by atoms with van der Waals surface area (Å²) in [4.78, 5) is 8.11. The van der Waals surface area contributed by atoms with Crippen molar-refractivity contribution in [1.82, 2.24) is 15.6 Å². The van der Waals surface area contributed by atoms with Crippen LogP contribution in [0.5, 0.6) is 5.88 Å². The van der Waals surface area contributed by atoms with Crippen LogP contribution < -0.4 is 15.4 Å². The first-order valence-electron chi connectivity index (χ1n) is 4.67. The van der Waals surface area contributed by atoms with Gasteiger partial charge in [0, 0.05) is 32.9 Å². The lowest BCUT2D eigenvalue weighted by Gasteiger charge is -2.08. The third kappa shape index (κ3) is 4.65. The standard InChI is InChI=1S/C10H16N4O.HI/c1-11-10(12-2)14-7-8-4-5-9(15-3)13-6-8;/h4-6H,7H2,1-3H3,(H2,11,12,14);1H. The summed E-state index contributed by atoms with van der Waals surface area (Å²) in [5, 5.41) is 6.07. The number of nitrogens with one attached hydrogen (secondary N) is 2. The van der Waals surface area contributed by atoms with Crippen LogP contribution in [0.15, 0.2) is 23.3 Å². The lowest BCUT2D eigenvalue weighted by atomic mass is 10.3. The molecule has 0 atom stereocenters. The van der Waals surface area contributed by atoms with Crippen LogP contribution in [0.3, 0.4) is 0 Å². The maximum Gasteiger partial charge on any atom is 0.212 e. The van der Waals surface area contributed by atoms with Gasteiger partial charge in [-0.15, -0.1) is 24.0 Å². The maximum absolute atomic E-state index is 4.97. The third-order valence-electron chi connectivity index (χ3n) is 1.93. The first-order chi connectivity index (χ1) is 7.30. The predicted octanol–water partition coefficient (Wildman–Crippen LogP) is 1.00. The third-order valence-corrected chi connectivity index (χ3v) is 1.93. The van der Waals surface area contributed by atoms with Crippen LogP contribution in [0.25, 0.3) is 0 Å². The van der Waals surface area contributed by atoms with Crippen molar-refractivity contribution < 1.29 is 4.74 Å². The van der Waals surface area contributed by atoms with E-state index in [-0.39, 0.29) is 24.0 Å². The number of hydrogen-bond acceptors (Lipinski definition) is 3. The van der Waals surface area contributed by atoms with Gasteiger partial charge in [-0.1, -0.05) is 6.07 Å². The molecule has 0 aliphatic heterocycles. The van der Waals surface area contributed by atoms with Gasteiger partial charge in [-0.2, -0.15) is 0 Å². The van der Waals surface area contributed by atoms with Crippen molar-refractivity contribution in [2.75, 3.05) is 21.2 Å². The van der Waals surface area contributed by atoms with E-state index in [1.54, 1.807) is 20.4 Å². The minimum Gasteiger partial charge on any atom is -0.481 e. The molecule has 0 fully saturated rings. The van der Waals surface area contributed by atoms with Crippen LogP contribution in [0.2, 0.25) is 0 Å². The number of halogens is 1. The summed E-state index contributed by atoms with van der Waals surface area (Å²) in [5.74, 6) is 1.38. The second-order valence-electron chi connectivity index (χ2n) is 2.88. The molecule has 0 bridgehead atoms. The molecule has 0 radical (unpaired) electrons. The minimum atomic E-state index is 0. The second-order valence-corrected chi connectivity index (χ2v) is 2.88. The molecular formula is C10H17IN4O. The zero-order chi connectivity index (χ0) is 11.1. The van der Waals surface area contributed by atoms with E-state index in [1.807, 2.05) is 19.2 Å². The van der Waals surface area contributed by atoms with Gasteiger partial charge in [-0.25, -0.2) is 4.98 Å². The van der Waals surface area contributed by atoms with Gasteiger partial charge < -0.3 is 15.4 Å². The fourth-order valence-electron chi connectivity index (χ4n) is 1.10. The Bertz CT molecular complexity index is 326. The molecule has 5 nitrogen and oxygen atoms in total. The summed E-state index contributed by atoms with van der Waals surface area (Å²) in [6.45, 7) is 0.685. The molecule has 0 aliphatic rings. The van der Waals surface area contributed by atoms with Crippen molar-refractivity contribution in [2.45, 2.75) is 6.54 Å². The molecule has 0 saturated carbocycles. The number of methoxy groups -OCH3 is 1. The van der Waals surface area contributed by atoms with Gasteiger partial charge in [0.2, 0.25) is 5.88 Å². The molecule has 90 valence electrons. The Morgan fingerprint density at radius 1 is 1.50 bits per heavy atom. The Morgan fingerprint density at radius 2 is 2.25 bits per heavy atom. The van der Waals surface area contributed by atoms with Gasteiger partial charge in [0.15, 0.2) is 5.96 Å². The SMILES string of the molecule is CN=C(NC)NCc1ccc(OC)nc1.I. The molecule has 16 heavy (non-hydrogen) atoms. The lowest BCUT2D eigenvalue weighted by Crippen LogP contribution is -2.34. The summed E-state index contributed by atoms with van der Waals surface area (Å²) >= 11 is 0. The van der Waals surface area contributed by atoms with E-state index in [0.29, 0.717) is 12.4 Å². The molecule has 1 aromatic heterocycles. The average Bonchev–Trinajstić information content (AvgIpc) is 2.31. The van der Waals surface area contributed by atoms with Crippen molar-refractivity contribution in [3.63, 3.8) is 0 Å². The first kappa shape index (κ1) is 14.9. The van der Waals surface area contributed by atoms with E-state index in [0.717, 1.165) is 11.5 Å². The van der Waals surface area contributed by atoms with E-state index in [9.17, 15) is 0 Å². The molecule has 0 aliphatic carbocycles. The second kappa shape index (κ2) is 8.14. The van der Waals surface area contributed by atoms with E-state index < -0.39 is 0 Å². The summed E-state index contributed by atoms with van der Waals surface area (Å²) < 4.78 is 4.97. The molecule has 0 spiro atoms. The number of pyridine rings is 1. The van der Waals surface area contributed by atoms with Crippen LogP contribution in [-0.2, 0) is 6.54 Å². The van der Waals surface area contributed by atoms with Crippen molar-refractivity contribution in [2.24, 2.45) is 4.99 Å². The van der Waals surface area contributed by atoms with Crippen LogP contribution >= 0.6 is 24.0 Å². The van der Waals surface area contributed by atoms with E-state index in [1.165, 1.54) is 0 Å². The van der Waals surface area contributed by atoms with Gasteiger partial charge in [-0.05, 0) is 5.56 Å². The summed E-state index contributed by atoms with van der Waals surface area (Å²) in [6.07, 6.45) is 1.77. The number of aromatic nitrogens is 1. The number of ether oxygens (including phenoxy) is 1. The molecular weight excluding hydrogens is 319 g/mol. The van der Waals surface area contributed by atoms with Crippen LogP contribution in [0, 0.1) is 0 Å². The van der Waals surface area contributed by atoms with Gasteiger partial charge in [0.05, 0.1) is 7.11 Å². The molecule has 1 aromatic rings. The Morgan fingerprint density at radius 3 is 2.69 bits per heavy atom. The normalized spacial score (nSPS) is 10.3. The lowest BCUT2D eigenvalue weighted by molar-refractivity contribution is 0.397. The molecule has 0 amide bonds. The summed E-state index contributed by atoms with van der Waals surface area (Å²) in [6, 6.07) is 3.79. The number of guanidine groups is 1. The van der Waals surface area contributed by atoms with Crippen LogP contribution in [-0.4, -0.2) is 32.1 Å². The monoisotopic (exact) mass is 336 g/mol. The average molecular weight is 336 g/mol. The molecule has 6 heteroatoms. The van der Waals surface area contributed by atoms with Gasteiger partial charge in [-0.3, -0.25) is 4.99 Å². The zero-order valence-corrected chi connectivity index (χ0v) is 12.0. The highest BCUT2D eigenvalue weighted by molar-refractivity contribution is 14.0. The highest BCUT2D eigenvalue weighted by Crippen LogP contribution is 2.05. The first-order valence-corrected chi connectivity index (χ1v) is 4.67. The number of rotatable bonds is 3. The van der Waals surface area contributed by atoms with E-state index in [2.05, 4.69) is 20.6 Å². The molecule has 1 rings (SSSR count). The van der Waals surface area contributed by atoms with E-state index >= 15 is 0 Å². The minimum absolute atomic E-state index is 0. The quantitative estimate of drug-likeness (QED) is 0.491. The maximum atomic E-state index is 4.97. The highest BCUT2D eigenvalue weighted by atomic mass is 127. The topological polar surface area (TPSA) is 58.5 Å². The van der Waals surface area contributed by atoms with Crippen molar-refractivity contribution in [3.05, 3.63) is 23.9 Å². The predicted molar refractivity (Wildman–Crippen MR) is 75.5 cm³/mol. The molecule has 0 saturated heterocycles. The smallest absolute Gasteiger partial charge is 0.212 e. The van der Waals surface area contributed by atoms with Gasteiger partial charge in [0.25, 0.3) is 0 Å². The number of nitrogens with zero attached hydrogens (tertiary/aromatic N) is 2. The highest BCUT2D eigenvalue weighted by Gasteiger charge is 1.97. The Hall–Kier alpha value is -1.05. The van der Waals surface area contributed by atoms with Gasteiger partial charge in [0.1, 0.15) is 0 Å². The number of hydrogen-bond donors (Lipinski definition) is 2. The molecule has 2 N–H and O–H groups in total. The van der Waals surface area contributed by atoms with Crippen LogP contribution in [0.4, 0.5) is 0 Å². The molecule has 0 unspecified atom stereocenters. The van der Waals surface area contributed by atoms with Gasteiger partial charge >= 0.3 is 0 Å². The summed E-state index contributed by atoms with van der Waals surface area (Å²) in [7, 11) is 5.15. The Labute approximate surface area is 113 Å². The van der Waals surface area contributed by atoms with Crippen molar-refractivity contribution >= 4 is 29.9 Å². The largest absolute Gasteiger partial charge is 0.481 e. The van der Waals surface area contributed by atoms with Crippen molar-refractivity contribution in [3.8, 4) is 5.88 Å². The zero-order valence-electron chi connectivity index (χ0n) is 9.65. The molecule has 0 aromatic carbocycles. The number of aliphatic imine (C=N–C) groups is 1. The fraction of sp³-hybridized carbons (Fsp3) is 0.400. The van der Waals surface area contributed by atoms with Crippen molar-refractivity contribution in [1.29, 1.82) is 0 Å². The Balaban J connectivity index is 0.00000225. The van der Waals surface area contributed by atoms with Crippen LogP contribution in [0.1, 0.15) is 5.56 Å². The Kier molecular flexibility index (Phi) is 7.61. The summed E-state index contributed by atoms with van der Waals surface area (Å²) in [5.41, 5.74) is 1.08. The molecule has 1 heterocycles.